The number of hydrogen-bond donors (Lipinski definition) is 1. The largest absolute Gasteiger partial charge is 0.457 e. The van der Waals surface area contributed by atoms with Gasteiger partial charge in [-0.1, -0.05) is 60.7 Å². The Morgan fingerprint density at radius 2 is 1.05 bits per heavy atom. The SMILES string of the molecule is O[C@@H](c1ccccc1)c1ccc(Oc2ccccc2)cc1. The molecule has 1 atom stereocenters. The predicted octanol–water partition coefficient (Wildman–Crippen LogP) is 4.56. The molecule has 104 valence electrons. The molecule has 0 aliphatic carbocycles. The first-order valence-electron chi connectivity index (χ1n) is 6.89. The zero-order valence-electron chi connectivity index (χ0n) is 11.5. The van der Waals surface area contributed by atoms with E-state index < -0.39 is 6.10 Å². The zero-order valence-corrected chi connectivity index (χ0v) is 11.5. The Morgan fingerprint density at radius 3 is 1.67 bits per heavy atom. The van der Waals surface area contributed by atoms with Crippen LogP contribution in [0.15, 0.2) is 84.9 Å². The Balaban J connectivity index is 1.75. The number of rotatable bonds is 4. The van der Waals surface area contributed by atoms with Gasteiger partial charge in [-0.2, -0.15) is 0 Å². The molecule has 0 saturated heterocycles. The van der Waals surface area contributed by atoms with E-state index in [0.717, 1.165) is 22.6 Å². The minimum atomic E-state index is -0.614. The molecule has 1 N–H and O–H groups in total. The lowest BCUT2D eigenvalue weighted by Crippen LogP contribution is -1.98. The Bertz CT molecular complexity index is 676. The molecule has 0 aromatic heterocycles. The number of aliphatic hydroxyl groups is 1. The van der Waals surface area contributed by atoms with Crippen molar-refractivity contribution in [2.24, 2.45) is 0 Å². The van der Waals surface area contributed by atoms with Crippen LogP contribution in [0.5, 0.6) is 11.5 Å². The van der Waals surface area contributed by atoms with E-state index >= 15 is 0 Å². The van der Waals surface area contributed by atoms with Crippen LogP contribution in [0, 0.1) is 0 Å². The summed E-state index contributed by atoms with van der Waals surface area (Å²) >= 11 is 0. The molecule has 0 fully saturated rings. The highest BCUT2D eigenvalue weighted by Gasteiger charge is 2.09. The van der Waals surface area contributed by atoms with Crippen molar-refractivity contribution in [1.29, 1.82) is 0 Å². The molecule has 0 spiro atoms. The third kappa shape index (κ3) is 3.30. The molecule has 3 aromatic carbocycles. The Kier molecular flexibility index (Phi) is 3.99. The molecule has 2 heteroatoms. The molecule has 3 aromatic rings. The lowest BCUT2D eigenvalue weighted by molar-refractivity contribution is 0.220. The normalized spacial score (nSPS) is 11.9. The lowest BCUT2D eigenvalue weighted by atomic mass is 10.0. The van der Waals surface area contributed by atoms with Crippen LogP contribution in [-0.2, 0) is 0 Å². The van der Waals surface area contributed by atoms with Gasteiger partial charge in [-0.25, -0.2) is 0 Å². The van der Waals surface area contributed by atoms with Gasteiger partial charge in [0.15, 0.2) is 0 Å². The molecule has 0 bridgehead atoms. The number of aliphatic hydroxyl groups excluding tert-OH is 1. The van der Waals surface area contributed by atoms with Gasteiger partial charge in [0, 0.05) is 0 Å². The molecular formula is C19H16O2. The van der Waals surface area contributed by atoms with Crippen molar-refractivity contribution in [3.8, 4) is 11.5 Å². The second-order valence-electron chi connectivity index (χ2n) is 4.80. The molecule has 2 nitrogen and oxygen atoms in total. The minimum Gasteiger partial charge on any atom is -0.457 e. The second-order valence-corrected chi connectivity index (χ2v) is 4.80. The van der Waals surface area contributed by atoms with Crippen molar-refractivity contribution in [2.75, 3.05) is 0 Å². The van der Waals surface area contributed by atoms with Crippen molar-refractivity contribution in [3.63, 3.8) is 0 Å². The monoisotopic (exact) mass is 276 g/mol. The quantitative estimate of drug-likeness (QED) is 0.757. The predicted molar refractivity (Wildman–Crippen MR) is 83.5 cm³/mol. The van der Waals surface area contributed by atoms with Crippen LogP contribution in [0.2, 0.25) is 0 Å². The van der Waals surface area contributed by atoms with E-state index in [0.29, 0.717) is 0 Å². The average Bonchev–Trinajstić information content (AvgIpc) is 2.57. The van der Waals surface area contributed by atoms with E-state index in [1.807, 2.05) is 84.9 Å². The lowest BCUT2D eigenvalue weighted by Gasteiger charge is -2.12. The van der Waals surface area contributed by atoms with Gasteiger partial charge in [0.25, 0.3) is 0 Å². The van der Waals surface area contributed by atoms with Crippen molar-refractivity contribution in [2.45, 2.75) is 6.10 Å². The summed E-state index contributed by atoms with van der Waals surface area (Å²) in [6.07, 6.45) is -0.614. The standard InChI is InChI=1S/C19H16O2/c20-19(15-7-3-1-4-8-15)16-11-13-18(14-12-16)21-17-9-5-2-6-10-17/h1-14,19-20H/t19-/m0/s1. The number of benzene rings is 3. The zero-order chi connectivity index (χ0) is 14.5. The molecule has 0 radical (unpaired) electrons. The van der Waals surface area contributed by atoms with E-state index in [4.69, 9.17) is 4.74 Å². The van der Waals surface area contributed by atoms with E-state index in [2.05, 4.69) is 0 Å². The van der Waals surface area contributed by atoms with Crippen LogP contribution in [0.25, 0.3) is 0 Å². The molecular weight excluding hydrogens is 260 g/mol. The summed E-state index contributed by atoms with van der Waals surface area (Å²) in [5, 5.41) is 10.3. The Morgan fingerprint density at radius 1 is 0.571 bits per heavy atom. The maximum absolute atomic E-state index is 10.3. The highest BCUT2D eigenvalue weighted by molar-refractivity contribution is 5.36. The summed E-state index contributed by atoms with van der Waals surface area (Å²) in [5.41, 5.74) is 1.73. The van der Waals surface area contributed by atoms with Crippen molar-refractivity contribution < 1.29 is 9.84 Å². The first-order chi connectivity index (χ1) is 10.3. The van der Waals surface area contributed by atoms with Gasteiger partial charge in [-0.05, 0) is 35.4 Å². The van der Waals surface area contributed by atoms with Crippen LogP contribution < -0.4 is 4.74 Å². The number of hydrogen-bond acceptors (Lipinski definition) is 2. The number of ether oxygens (including phenoxy) is 1. The van der Waals surface area contributed by atoms with E-state index in [-0.39, 0.29) is 0 Å². The molecule has 0 unspecified atom stereocenters. The Hall–Kier alpha value is -2.58. The molecule has 0 saturated carbocycles. The van der Waals surface area contributed by atoms with E-state index in [1.165, 1.54) is 0 Å². The fraction of sp³-hybridized carbons (Fsp3) is 0.0526. The smallest absolute Gasteiger partial charge is 0.127 e. The van der Waals surface area contributed by atoms with Gasteiger partial charge in [0.1, 0.15) is 17.6 Å². The highest BCUT2D eigenvalue weighted by atomic mass is 16.5. The first kappa shape index (κ1) is 13.4. The molecule has 0 amide bonds. The summed E-state index contributed by atoms with van der Waals surface area (Å²) in [6, 6.07) is 26.8. The van der Waals surface area contributed by atoms with Gasteiger partial charge < -0.3 is 9.84 Å². The van der Waals surface area contributed by atoms with Crippen LogP contribution in [-0.4, -0.2) is 5.11 Å². The van der Waals surface area contributed by atoms with Gasteiger partial charge >= 0.3 is 0 Å². The molecule has 3 rings (SSSR count). The fourth-order valence-electron chi connectivity index (χ4n) is 2.17. The molecule has 0 heterocycles. The van der Waals surface area contributed by atoms with Crippen molar-refractivity contribution in [1.82, 2.24) is 0 Å². The maximum atomic E-state index is 10.3. The van der Waals surface area contributed by atoms with Crippen molar-refractivity contribution >= 4 is 0 Å². The summed E-state index contributed by atoms with van der Waals surface area (Å²) in [6.45, 7) is 0. The van der Waals surface area contributed by atoms with Crippen LogP contribution in [0.1, 0.15) is 17.2 Å². The van der Waals surface area contributed by atoms with Gasteiger partial charge in [0.05, 0.1) is 0 Å². The van der Waals surface area contributed by atoms with E-state index in [9.17, 15) is 5.11 Å². The summed E-state index contributed by atoms with van der Waals surface area (Å²) in [4.78, 5) is 0. The molecule has 0 aliphatic rings. The average molecular weight is 276 g/mol. The van der Waals surface area contributed by atoms with Crippen molar-refractivity contribution in [3.05, 3.63) is 96.1 Å². The Labute approximate surface area is 124 Å². The number of para-hydroxylation sites is 1. The summed E-state index contributed by atoms with van der Waals surface area (Å²) in [5.74, 6) is 1.55. The summed E-state index contributed by atoms with van der Waals surface area (Å²) in [7, 11) is 0. The topological polar surface area (TPSA) is 29.5 Å². The summed E-state index contributed by atoms with van der Waals surface area (Å²) < 4.78 is 5.74. The molecule has 21 heavy (non-hydrogen) atoms. The third-order valence-electron chi connectivity index (χ3n) is 3.29. The van der Waals surface area contributed by atoms with Gasteiger partial charge in [-0.15, -0.1) is 0 Å². The second kappa shape index (κ2) is 6.25. The third-order valence-corrected chi connectivity index (χ3v) is 3.29. The van der Waals surface area contributed by atoms with Crippen LogP contribution in [0.3, 0.4) is 0 Å². The first-order valence-corrected chi connectivity index (χ1v) is 6.89. The molecule has 0 aliphatic heterocycles. The van der Waals surface area contributed by atoms with Crippen LogP contribution >= 0.6 is 0 Å². The van der Waals surface area contributed by atoms with Gasteiger partial charge in [-0.3, -0.25) is 0 Å². The van der Waals surface area contributed by atoms with E-state index in [1.54, 1.807) is 0 Å². The maximum Gasteiger partial charge on any atom is 0.127 e. The van der Waals surface area contributed by atoms with Crippen LogP contribution in [0.4, 0.5) is 0 Å². The minimum absolute atomic E-state index is 0.614. The fourth-order valence-corrected chi connectivity index (χ4v) is 2.17. The highest BCUT2D eigenvalue weighted by Crippen LogP contribution is 2.26. The van der Waals surface area contributed by atoms with Gasteiger partial charge in [0.2, 0.25) is 0 Å².